The van der Waals surface area contributed by atoms with Crippen LogP contribution in [0.3, 0.4) is 0 Å². The van der Waals surface area contributed by atoms with Gasteiger partial charge in [0, 0.05) is 29.4 Å². The van der Waals surface area contributed by atoms with E-state index in [4.69, 9.17) is 22.1 Å². The van der Waals surface area contributed by atoms with Crippen LogP contribution in [0.1, 0.15) is 0 Å². The van der Waals surface area contributed by atoms with Gasteiger partial charge in [0.15, 0.2) is 0 Å². The molecule has 5 heteroatoms. The van der Waals surface area contributed by atoms with Crippen molar-refractivity contribution in [1.82, 2.24) is 9.97 Å². The number of rotatable bonds is 2. The Labute approximate surface area is 108 Å². The second-order valence-corrected chi connectivity index (χ2v) is 4.27. The van der Waals surface area contributed by atoms with Crippen LogP contribution >= 0.6 is 11.6 Å². The van der Waals surface area contributed by atoms with Crippen molar-refractivity contribution >= 4 is 28.3 Å². The highest BCUT2D eigenvalue weighted by Crippen LogP contribution is 2.29. The van der Waals surface area contributed by atoms with Gasteiger partial charge in [0.25, 0.3) is 0 Å². The van der Waals surface area contributed by atoms with Gasteiger partial charge >= 0.3 is 0 Å². The second kappa shape index (κ2) is 4.23. The summed E-state index contributed by atoms with van der Waals surface area (Å²) < 4.78 is 5.70. The molecular formula is C13H10ClN3O. The summed E-state index contributed by atoms with van der Waals surface area (Å²) >= 11 is 6.06. The zero-order valence-electron chi connectivity index (χ0n) is 9.35. The number of aromatic amines is 1. The first-order valence-corrected chi connectivity index (χ1v) is 5.76. The van der Waals surface area contributed by atoms with E-state index in [2.05, 4.69) is 9.97 Å². The molecule has 3 rings (SSSR count). The summed E-state index contributed by atoms with van der Waals surface area (Å²) in [5.74, 6) is 1.77. The number of nitrogen functional groups attached to an aromatic ring is 1. The number of halogens is 1. The molecule has 18 heavy (non-hydrogen) atoms. The van der Waals surface area contributed by atoms with E-state index in [1.165, 1.54) is 0 Å². The number of benzene rings is 1. The van der Waals surface area contributed by atoms with Crippen molar-refractivity contribution in [2.45, 2.75) is 0 Å². The van der Waals surface area contributed by atoms with Crippen LogP contribution in [0.5, 0.6) is 11.5 Å². The molecule has 0 aliphatic heterocycles. The van der Waals surface area contributed by atoms with E-state index < -0.39 is 0 Å². The zero-order valence-corrected chi connectivity index (χ0v) is 10.1. The number of aromatic nitrogens is 2. The number of hydrogen-bond acceptors (Lipinski definition) is 3. The van der Waals surface area contributed by atoms with Crippen LogP contribution in [-0.4, -0.2) is 9.97 Å². The molecule has 0 saturated heterocycles. The van der Waals surface area contributed by atoms with E-state index >= 15 is 0 Å². The van der Waals surface area contributed by atoms with Crippen LogP contribution in [0.25, 0.3) is 10.9 Å². The van der Waals surface area contributed by atoms with Gasteiger partial charge in [-0.3, -0.25) is 0 Å². The lowest BCUT2D eigenvalue weighted by Gasteiger charge is -2.06. The highest BCUT2D eigenvalue weighted by atomic mass is 35.5. The van der Waals surface area contributed by atoms with Crippen LogP contribution in [0, 0.1) is 0 Å². The highest BCUT2D eigenvalue weighted by molar-refractivity contribution is 6.35. The summed E-state index contributed by atoms with van der Waals surface area (Å²) in [5.41, 5.74) is 6.57. The molecule has 0 unspecified atom stereocenters. The minimum atomic E-state index is 0.424. The van der Waals surface area contributed by atoms with Gasteiger partial charge < -0.3 is 15.5 Å². The maximum atomic E-state index is 6.06. The lowest BCUT2D eigenvalue weighted by molar-refractivity contribution is 0.483. The highest BCUT2D eigenvalue weighted by Gasteiger charge is 2.04. The van der Waals surface area contributed by atoms with Crippen molar-refractivity contribution in [3.8, 4) is 11.5 Å². The molecule has 0 saturated carbocycles. The van der Waals surface area contributed by atoms with E-state index in [1.54, 1.807) is 24.5 Å². The Kier molecular flexibility index (Phi) is 2.57. The fourth-order valence-electron chi connectivity index (χ4n) is 1.76. The molecular weight excluding hydrogens is 250 g/mol. The Morgan fingerprint density at radius 1 is 1.17 bits per heavy atom. The predicted molar refractivity (Wildman–Crippen MR) is 72.0 cm³/mol. The molecule has 1 aromatic carbocycles. The van der Waals surface area contributed by atoms with Crippen molar-refractivity contribution in [2.24, 2.45) is 0 Å². The fraction of sp³-hybridized carbons (Fsp3) is 0. The minimum Gasteiger partial charge on any atom is -0.457 e. The third kappa shape index (κ3) is 1.98. The molecule has 90 valence electrons. The van der Waals surface area contributed by atoms with Gasteiger partial charge in [0.2, 0.25) is 0 Å². The molecule has 4 nitrogen and oxygen atoms in total. The van der Waals surface area contributed by atoms with E-state index in [1.807, 2.05) is 18.2 Å². The number of ether oxygens (including phenoxy) is 1. The third-order valence-corrected chi connectivity index (χ3v) is 2.90. The quantitative estimate of drug-likeness (QED) is 0.739. The predicted octanol–water partition coefficient (Wildman–Crippen LogP) is 3.59. The minimum absolute atomic E-state index is 0.424. The lowest BCUT2D eigenvalue weighted by Crippen LogP contribution is -1.90. The molecule has 0 fully saturated rings. The SMILES string of the molecule is Nc1cc(Oc2ccc3[nH]cc(Cl)c3c2)ccn1. The molecule has 3 aromatic rings. The molecule has 3 N–H and O–H groups in total. The van der Waals surface area contributed by atoms with E-state index in [0.29, 0.717) is 22.3 Å². The number of H-pyrrole nitrogens is 1. The van der Waals surface area contributed by atoms with Crippen LogP contribution < -0.4 is 10.5 Å². The topological polar surface area (TPSA) is 63.9 Å². The second-order valence-electron chi connectivity index (χ2n) is 3.86. The van der Waals surface area contributed by atoms with Crippen LogP contribution in [-0.2, 0) is 0 Å². The average molecular weight is 260 g/mol. The fourth-order valence-corrected chi connectivity index (χ4v) is 1.97. The monoisotopic (exact) mass is 259 g/mol. The number of nitrogens with two attached hydrogens (primary N) is 1. The molecule has 2 heterocycles. The van der Waals surface area contributed by atoms with Crippen LogP contribution in [0.4, 0.5) is 5.82 Å². The lowest BCUT2D eigenvalue weighted by atomic mass is 10.2. The first-order valence-electron chi connectivity index (χ1n) is 5.38. The molecule has 0 atom stereocenters. The van der Waals surface area contributed by atoms with Gasteiger partial charge in [-0.1, -0.05) is 11.6 Å². The van der Waals surface area contributed by atoms with Crippen molar-refractivity contribution in [3.05, 3.63) is 47.7 Å². The molecule has 0 bridgehead atoms. The zero-order chi connectivity index (χ0) is 12.5. The van der Waals surface area contributed by atoms with Gasteiger partial charge in [0.05, 0.1) is 5.02 Å². The molecule has 2 aromatic heterocycles. The summed E-state index contributed by atoms with van der Waals surface area (Å²) in [6.07, 6.45) is 3.35. The third-order valence-electron chi connectivity index (χ3n) is 2.59. The molecule has 0 radical (unpaired) electrons. The smallest absolute Gasteiger partial charge is 0.132 e. The summed E-state index contributed by atoms with van der Waals surface area (Å²) in [7, 11) is 0. The Balaban J connectivity index is 1.97. The number of nitrogens with zero attached hydrogens (tertiary/aromatic N) is 1. The molecule has 0 amide bonds. The van der Waals surface area contributed by atoms with E-state index in [0.717, 1.165) is 10.9 Å². The summed E-state index contributed by atoms with van der Waals surface area (Å²) in [4.78, 5) is 6.98. The van der Waals surface area contributed by atoms with Gasteiger partial charge in [-0.15, -0.1) is 0 Å². The van der Waals surface area contributed by atoms with Crippen LogP contribution in [0.15, 0.2) is 42.7 Å². The molecule has 0 aliphatic rings. The first kappa shape index (κ1) is 10.9. The van der Waals surface area contributed by atoms with Gasteiger partial charge in [0.1, 0.15) is 17.3 Å². The van der Waals surface area contributed by atoms with Crippen molar-refractivity contribution < 1.29 is 4.74 Å². The van der Waals surface area contributed by atoms with Gasteiger partial charge in [-0.2, -0.15) is 0 Å². The maximum absolute atomic E-state index is 6.06. The molecule has 0 aliphatic carbocycles. The largest absolute Gasteiger partial charge is 0.457 e. The van der Waals surface area contributed by atoms with Crippen LogP contribution in [0.2, 0.25) is 5.02 Å². The Morgan fingerprint density at radius 3 is 2.83 bits per heavy atom. The Hall–Kier alpha value is -2.20. The van der Waals surface area contributed by atoms with E-state index in [-0.39, 0.29) is 0 Å². The summed E-state index contributed by atoms with van der Waals surface area (Å²) in [5, 5.41) is 1.60. The number of fused-ring (bicyclic) bond motifs is 1. The molecule has 0 spiro atoms. The van der Waals surface area contributed by atoms with Gasteiger partial charge in [-0.25, -0.2) is 4.98 Å². The van der Waals surface area contributed by atoms with Gasteiger partial charge in [-0.05, 0) is 24.3 Å². The first-order chi connectivity index (χ1) is 8.72. The standard InChI is InChI=1S/C13H10ClN3O/c14-11-7-17-12-2-1-8(5-10(11)12)18-9-3-4-16-13(15)6-9/h1-7,17H,(H2,15,16). The average Bonchev–Trinajstić information content (AvgIpc) is 2.71. The Morgan fingerprint density at radius 2 is 2.00 bits per heavy atom. The van der Waals surface area contributed by atoms with Crippen molar-refractivity contribution in [3.63, 3.8) is 0 Å². The normalized spacial score (nSPS) is 10.7. The van der Waals surface area contributed by atoms with E-state index in [9.17, 15) is 0 Å². The van der Waals surface area contributed by atoms with Crippen molar-refractivity contribution in [2.75, 3.05) is 5.73 Å². The maximum Gasteiger partial charge on any atom is 0.132 e. The summed E-state index contributed by atoms with van der Waals surface area (Å²) in [6.45, 7) is 0. The number of nitrogens with one attached hydrogen (secondary N) is 1. The Bertz CT molecular complexity index is 708. The van der Waals surface area contributed by atoms with Crippen molar-refractivity contribution in [1.29, 1.82) is 0 Å². The number of anilines is 1. The summed E-state index contributed by atoms with van der Waals surface area (Å²) in [6, 6.07) is 9.08. The number of hydrogen-bond donors (Lipinski definition) is 2. The number of pyridine rings is 1.